The number of anilines is 1. The lowest BCUT2D eigenvalue weighted by molar-refractivity contribution is -0.152. The molecule has 0 spiro atoms. The lowest BCUT2D eigenvalue weighted by atomic mass is 10.0. The maximum absolute atomic E-state index is 12.0. The molecule has 7 heteroatoms. The molecule has 1 amide bonds. The highest BCUT2D eigenvalue weighted by molar-refractivity contribution is 5.88. The highest BCUT2D eigenvalue weighted by Crippen LogP contribution is 2.10. The molecule has 1 aromatic rings. The third-order valence-electron chi connectivity index (χ3n) is 2.83. The number of nitrogens with one attached hydrogen (secondary N) is 1. The van der Waals surface area contributed by atoms with Crippen molar-refractivity contribution < 1.29 is 19.1 Å². The van der Waals surface area contributed by atoms with Crippen molar-refractivity contribution in [2.75, 3.05) is 26.6 Å². The summed E-state index contributed by atoms with van der Waals surface area (Å²) in [6.07, 6.45) is 0.149. The smallest absolute Gasteiger partial charge is 0.333 e. The van der Waals surface area contributed by atoms with Crippen LogP contribution < -0.4 is 11.1 Å². The quantitative estimate of drug-likeness (QED) is 0.602. The Bertz CT molecular complexity index is 478. The summed E-state index contributed by atoms with van der Waals surface area (Å²) in [5.41, 5.74) is 5.82. The van der Waals surface area contributed by atoms with Crippen LogP contribution in [0.3, 0.4) is 0 Å². The van der Waals surface area contributed by atoms with Crippen LogP contribution in [0.1, 0.15) is 12.5 Å². The third kappa shape index (κ3) is 5.61. The van der Waals surface area contributed by atoms with E-state index in [1.807, 2.05) is 0 Å². The number of amides is 1. The summed E-state index contributed by atoms with van der Waals surface area (Å²) in [6, 6.07) is 6.97. The van der Waals surface area contributed by atoms with Gasteiger partial charge in [0, 0.05) is 12.8 Å². The third-order valence-corrected chi connectivity index (χ3v) is 2.83. The summed E-state index contributed by atoms with van der Waals surface area (Å²) in [6.45, 7) is 1.59. The van der Waals surface area contributed by atoms with Gasteiger partial charge < -0.3 is 20.5 Å². The molecule has 0 aliphatic carbocycles. The van der Waals surface area contributed by atoms with E-state index in [-0.39, 0.29) is 31.3 Å². The van der Waals surface area contributed by atoms with E-state index in [1.165, 1.54) is 14.2 Å². The minimum atomic E-state index is -1.20. The van der Waals surface area contributed by atoms with Crippen molar-refractivity contribution in [1.29, 1.82) is 0 Å². The first-order chi connectivity index (χ1) is 9.41. The summed E-state index contributed by atoms with van der Waals surface area (Å²) in [7, 11) is 2.72. The number of esters is 1. The maximum Gasteiger partial charge on any atom is 0.333 e. The maximum atomic E-state index is 12.0. The summed E-state index contributed by atoms with van der Waals surface area (Å²) in [5, 5.41) is 2.64. The highest BCUT2D eigenvalue weighted by Gasteiger charge is 2.36. The number of carbonyl (C=O) groups is 2. The van der Waals surface area contributed by atoms with E-state index < -0.39 is 11.5 Å². The van der Waals surface area contributed by atoms with Crippen molar-refractivity contribution in [2.45, 2.75) is 18.9 Å². The fourth-order valence-electron chi connectivity index (χ4n) is 1.83. The first kappa shape index (κ1) is 19.2. The molecule has 0 saturated carbocycles. The Labute approximate surface area is 130 Å². The Morgan fingerprint density at radius 2 is 1.81 bits per heavy atom. The van der Waals surface area contributed by atoms with Crippen LogP contribution in [0, 0.1) is 0 Å². The van der Waals surface area contributed by atoms with Gasteiger partial charge in [0.1, 0.15) is 0 Å². The molecule has 118 valence electrons. The number of nitrogens with two attached hydrogens (primary N) is 1. The Kier molecular flexibility index (Phi) is 7.76. The molecule has 0 bridgehead atoms. The van der Waals surface area contributed by atoms with E-state index in [2.05, 4.69) is 10.1 Å². The van der Waals surface area contributed by atoms with Gasteiger partial charge in [-0.05, 0) is 24.6 Å². The van der Waals surface area contributed by atoms with Gasteiger partial charge in [-0.1, -0.05) is 12.1 Å². The fourth-order valence-corrected chi connectivity index (χ4v) is 1.83. The molecule has 3 N–H and O–H groups in total. The number of benzene rings is 1. The van der Waals surface area contributed by atoms with E-state index in [4.69, 9.17) is 10.5 Å². The van der Waals surface area contributed by atoms with Gasteiger partial charge in [0.2, 0.25) is 5.91 Å². The molecule has 1 aromatic carbocycles. The fraction of sp³-hybridized carbons (Fsp3) is 0.429. The molecule has 1 atom stereocenters. The number of hydrogen-bond donors (Lipinski definition) is 2. The molecule has 0 aliphatic rings. The molecular formula is C14H21ClN2O4. The van der Waals surface area contributed by atoms with Crippen LogP contribution >= 0.6 is 12.4 Å². The zero-order valence-corrected chi connectivity index (χ0v) is 13.2. The molecule has 1 rings (SSSR count). The van der Waals surface area contributed by atoms with Crippen molar-refractivity contribution in [3.05, 3.63) is 29.8 Å². The Balaban J connectivity index is 0.00000400. The van der Waals surface area contributed by atoms with Gasteiger partial charge in [0.25, 0.3) is 0 Å². The van der Waals surface area contributed by atoms with Crippen LogP contribution in [0.2, 0.25) is 0 Å². The van der Waals surface area contributed by atoms with Crippen LogP contribution in [-0.4, -0.2) is 38.2 Å². The molecule has 0 aromatic heterocycles. The molecule has 0 aliphatic heterocycles. The zero-order valence-electron chi connectivity index (χ0n) is 12.3. The van der Waals surface area contributed by atoms with Crippen LogP contribution in [0.15, 0.2) is 24.3 Å². The molecule has 0 fully saturated rings. The number of rotatable bonds is 6. The number of ether oxygens (including phenoxy) is 2. The van der Waals surface area contributed by atoms with Gasteiger partial charge >= 0.3 is 5.97 Å². The molecule has 1 unspecified atom stereocenters. The molecule has 0 saturated heterocycles. The van der Waals surface area contributed by atoms with Gasteiger partial charge in [-0.15, -0.1) is 12.4 Å². The second-order valence-corrected chi connectivity index (χ2v) is 4.72. The second kappa shape index (κ2) is 8.49. The van der Waals surface area contributed by atoms with Crippen LogP contribution in [-0.2, 0) is 25.5 Å². The minimum Gasteiger partial charge on any atom is -0.467 e. The van der Waals surface area contributed by atoms with E-state index in [0.29, 0.717) is 5.69 Å². The average molecular weight is 317 g/mol. The molecule has 0 heterocycles. The predicted molar refractivity (Wildman–Crippen MR) is 82.2 cm³/mol. The first-order valence-corrected chi connectivity index (χ1v) is 6.14. The normalized spacial score (nSPS) is 12.7. The monoisotopic (exact) mass is 316 g/mol. The van der Waals surface area contributed by atoms with E-state index in [0.717, 1.165) is 5.56 Å². The Morgan fingerprint density at radius 1 is 1.24 bits per heavy atom. The first-order valence-electron chi connectivity index (χ1n) is 6.14. The van der Waals surface area contributed by atoms with Crippen molar-refractivity contribution in [3.63, 3.8) is 0 Å². The van der Waals surface area contributed by atoms with E-state index >= 15 is 0 Å². The standard InChI is InChI=1S/C14H20N2O4.ClH/c1-14(9-19-2,13(18)20-3)16-12(17)8-10-4-6-11(15)7-5-10;/h4-7H,8-9,15H2,1-3H3,(H,16,17);1H. The van der Waals surface area contributed by atoms with Crippen LogP contribution in [0.5, 0.6) is 0 Å². The van der Waals surface area contributed by atoms with E-state index in [1.54, 1.807) is 31.2 Å². The summed E-state index contributed by atoms with van der Waals surface area (Å²) >= 11 is 0. The number of hydrogen-bond acceptors (Lipinski definition) is 5. The Morgan fingerprint density at radius 3 is 2.29 bits per heavy atom. The SMILES string of the molecule is COCC(C)(NC(=O)Cc1ccc(N)cc1)C(=O)OC.Cl. The zero-order chi connectivity index (χ0) is 15.2. The van der Waals surface area contributed by atoms with Gasteiger partial charge in [-0.25, -0.2) is 4.79 Å². The lowest BCUT2D eigenvalue weighted by Gasteiger charge is -2.27. The molecule has 21 heavy (non-hydrogen) atoms. The Hall–Kier alpha value is -1.79. The summed E-state index contributed by atoms with van der Waals surface area (Å²) in [4.78, 5) is 23.7. The van der Waals surface area contributed by atoms with Crippen molar-refractivity contribution in [3.8, 4) is 0 Å². The van der Waals surface area contributed by atoms with Crippen molar-refractivity contribution in [2.24, 2.45) is 0 Å². The van der Waals surface area contributed by atoms with Crippen molar-refractivity contribution >= 4 is 30.0 Å². The topological polar surface area (TPSA) is 90.6 Å². The van der Waals surface area contributed by atoms with Crippen LogP contribution in [0.25, 0.3) is 0 Å². The van der Waals surface area contributed by atoms with Crippen molar-refractivity contribution in [1.82, 2.24) is 5.32 Å². The summed E-state index contributed by atoms with van der Waals surface area (Å²) < 4.78 is 9.65. The predicted octanol–water partition coefficient (Wildman–Crippen LogP) is 0.927. The van der Waals surface area contributed by atoms with Gasteiger partial charge in [0.15, 0.2) is 5.54 Å². The lowest BCUT2D eigenvalue weighted by Crippen LogP contribution is -2.56. The second-order valence-electron chi connectivity index (χ2n) is 4.72. The largest absolute Gasteiger partial charge is 0.467 e. The van der Waals surface area contributed by atoms with Gasteiger partial charge in [-0.3, -0.25) is 4.79 Å². The minimum absolute atomic E-state index is 0. The molecule has 0 radical (unpaired) electrons. The van der Waals surface area contributed by atoms with E-state index in [9.17, 15) is 9.59 Å². The van der Waals surface area contributed by atoms with Crippen LogP contribution in [0.4, 0.5) is 5.69 Å². The number of carbonyl (C=O) groups excluding carboxylic acids is 2. The number of nitrogen functional groups attached to an aromatic ring is 1. The molecular weight excluding hydrogens is 296 g/mol. The average Bonchev–Trinajstić information content (AvgIpc) is 2.40. The summed E-state index contributed by atoms with van der Waals surface area (Å²) in [5.74, 6) is -0.843. The highest BCUT2D eigenvalue weighted by atomic mass is 35.5. The van der Waals surface area contributed by atoms with Gasteiger partial charge in [0.05, 0.1) is 20.1 Å². The molecule has 6 nitrogen and oxygen atoms in total. The number of methoxy groups -OCH3 is 2. The number of halogens is 1. The van der Waals surface area contributed by atoms with Gasteiger partial charge in [-0.2, -0.15) is 0 Å².